The Morgan fingerprint density at radius 3 is 2.79 bits per heavy atom. The first kappa shape index (κ1) is 10.8. The number of nitrogens with zero attached hydrogens (tertiary/aromatic N) is 2. The first-order valence-corrected chi connectivity index (χ1v) is 4.82. The molecule has 1 aromatic rings. The summed E-state index contributed by atoms with van der Waals surface area (Å²) in [6.07, 6.45) is 7.47. The van der Waals surface area contributed by atoms with Crippen LogP contribution in [0.4, 0.5) is 0 Å². The van der Waals surface area contributed by atoms with Crippen LogP contribution >= 0.6 is 0 Å². The molecule has 0 aliphatic carbocycles. The third-order valence-electron chi connectivity index (χ3n) is 2.51. The lowest BCUT2D eigenvalue weighted by molar-refractivity contribution is 0.429. The van der Waals surface area contributed by atoms with Crippen molar-refractivity contribution < 1.29 is 0 Å². The van der Waals surface area contributed by atoms with E-state index < -0.39 is 0 Å². The first-order chi connectivity index (χ1) is 6.52. The van der Waals surface area contributed by atoms with Crippen LogP contribution < -0.4 is 5.73 Å². The van der Waals surface area contributed by atoms with Crippen molar-refractivity contribution in [2.24, 2.45) is 11.1 Å². The van der Waals surface area contributed by atoms with Crippen molar-refractivity contribution in [3.05, 3.63) is 18.7 Å². The molecule has 78 valence electrons. The SMILES string of the molecule is CC(C)(CCCn1ccnc1)C(=N)N. The highest BCUT2D eigenvalue weighted by Gasteiger charge is 2.20. The molecular formula is C10H18N4. The van der Waals surface area contributed by atoms with E-state index in [1.165, 1.54) is 0 Å². The zero-order chi connectivity index (χ0) is 10.6. The van der Waals surface area contributed by atoms with Crippen LogP contribution in [0.1, 0.15) is 26.7 Å². The summed E-state index contributed by atoms with van der Waals surface area (Å²) < 4.78 is 2.04. The number of nitrogens with one attached hydrogen (secondary N) is 1. The number of hydrogen-bond donors (Lipinski definition) is 2. The van der Waals surface area contributed by atoms with E-state index in [1.807, 2.05) is 24.6 Å². The maximum Gasteiger partial charge on any atom is 0.0963 e. The Morgan fingerprint density at radius 1 is 1.57 bits per heavy atom. The highest BCUT2D eigenvalue weighted by Crippen LogP contribution is 2.21. The molecule has 0 aliphatic rings. The molecule has 0 fully saturated rings. The Balaban J connectivity index is 2.31. The fourth-order valence-corrected chi connectivity index (χ4v) is 1.26. The average molecular weight is 194 g/mol. The summed E-state index contributed by atoms with van der Waals surface area (Å²) in [5.41, 5.74) is 5.31. The standard InChI is InChI=1S/C10H18N4/c1-10(2,9(11)12)4-3-6-14-7-5-13-8-14/h5,7-8H,3-4,6H2,1-2H3,(H3,11,12). The second-order valence-corrected chi connectivity index (χ2v) is 4.20. The zero-order valence-electron chi connectivity index (χ0n) is 8.83. The minimum Gasteiger partial charge on any atom is -0.387 e. The van der Waals surface area contributed by atoms with Crippen LogP contribution in [0.3, 0.4) is 0 Å². The van der Waals surface area contributed by atoms with Crippen LogP contribution in [-0.2, 0) is 6.54 Å². The normalized spacial score (nSPS) is 11.6. The first-order valence-electron chi connectivity index (χ1n) is 4.82. The topological polar surface area (TPSA) is 67.7 Å². The Bertz CT molecular complexity index is 287. The van der Waals surface area contributed by atoms with Gasteiger partial charge in [0.05, 0.1) is 12.2 Å². The summed E-state index contributed by atoms with van der Waals surface area (Å²) in [6, 6.07) is 0. The molecule has 1 rings (SSSR count). The Kier molecular flexibility index (Phi) is 3.28. The van der Waals surface area contributed by atoms with Crippen molar-refractivity contribution in [3.63, 3.8) is 0 Å². The summed E-state index contributed by atoms with van der Waals surface area (Å²) in [6.45, 7) is 4.95. The molecule has 1 aromatic heterocycles. The van der Waals surface area contributed by atoms with Crippen LogP contribution in [0.25, 0.3) is 0 Å². The highest BCUT2D eigenvalue weighted by molar-refractivity contribution is 5.82. The zero-order valence-corrected chi connectivity index (χ0v) is 8.83. The van der Waals surface area contributed by atoms with Gasteiger partial charge in [-0.15, -0.1) is 0 Å². The van der Waals surface area contributed by atoms with Gasteiger partial charge >= 0.3 is 0 Å². The van der Waals surface area contributed by atoms with E-state index in [0.717, 1.165) is 19.4 Å². The second kappa shape index (κ2) is 4.26. The number of aromatic nitrogens is 2. The predicted molar refractivity (Wildman–Crippen MR) is 57.2 cm³/mol. The van der Waals surface area contributed by atoms with Crippen molar-refractivity contribution in [2.45, 2.75) is 33.2 Å². The van der Waals surface area contributed by atoms with E-state index in [9.17, 15) is 0 Å². The minimum atomic E-state index is -0.180. The van der Waals surface area contributed by atoms with Crippen LogP contribution in [0.5, 0.6) is 0 Å². The molecule has 14 heavy (non-hydrogen) atoms. The molecule has 0 atom stereocenters. The quantitative estimate of drug-likeness (QED) is 0.552. The fourth-order valence-electron chi connectivity index (χ4n) is 1.26. The Hall–Kier alpha value is -1.32. The third kappa shape index (κ3) is 2.87. The van der Waals surface area contributed by atoms with E-state index >= 15 is 0 Å². The van der Waals surface area contributed by atoms with Gasteiger partial charge in [0.25, 0.3) is 0 Å². The van der Waals surface area contributed by atoms with Gasteiger partial charge in [0.2, 0.25) is 0 Å². The molecule has 0 unspecified atom stereocenters. The van der Waals surface area contributed by atoms with Gasteiger partial charge in [-0.05, 0) is 12.8 Å². The Morgan fingerprint density at radius 2 is 2.29 bits per heavy atom. The lowest BCUT2D eigenvalue weighted by Gasteiger charge is -2.22. The number of nitrogens with two attached hydrogens (primary N) is 1. The molecular weight excluding hydrogens is 176 g/mol. The predicted octanol–water partition coefficient (Wildman–Crippen LogP) is 1.63. The molecule has 0 bridgehead atoms. The number of rotatable bonds is 5. The fraction of sp³-hybridized carbons (Fsp3) is 0.600. The van der Waals surface area contributed by atoms with Gasteiger partial charge in [-0.1, -0.05) is 13.8 Å². The van der Waals surface area contributed by atoms with E-state index in [0.29, 0.717) is 0 Å². The number of amidine groups is 1. The van der Waals surface area contributed by atoms with Gasteiger partial charge in [-0.3, -0.25) is 5.41 Å². The van der Waals surface area contributed by atoms with Crippen LogP contribution in [0, 0.1) is 10.8 Å². The van der Waals surface area contributed by atoms with E-state index in [-0.39, 0.29) is 11.3 Å². The smallest absolute Gasteiger partial charge is 0.0963 e. The highest BCUT2D eigenvalue weighted by atomic mass is 15.0. The summed E-state index contributed by atoms with van der Waals surface area (Å²) in [4.78, 5) is 3.97. The lowest BCUT2D eigenvalue weighted by Crippen LogP contribution is -2.30. The number of hydrogen-bond acceptors (Lipinski definition) is 2. The summed E-state index contributed by atoms with van der Waals surface area (Å²) in [5, 5.41) is 7.41. The van der Waals surface area contributed by atoms with Crippen molar-refractivity contribution in [1.82, 2.24) is 9.55 Å². The maximum atomic E-state index is 7.41. The number of aryl methyl sites for hydroxylation is 1. The molecule has 3 N–H and O–H groups in total. The molecule has 0 spiro atoms. The summed E-state index contributed by atoms with van der Waals surface area (Å²) >= 11 is 0. The van der Waals surface area contributed by atoms with E-state index in [2.05, 4.69) is 4.98 Å². The van der Waals surface area contributed by atoms with Gasteiger partial charge in [0.15, 0.2) is 0 Å². The van der Waals surface area contributed by atoms with Gasteiger partial charge in [-0.25, -0.2) is 4.98 Å². The number of imidazole rings is 1. The van der Waals surface area contributed by atoms with Gasteiger partial charge < -0.3 is 10.3 Å². The van der Waals surface area contributed by atoms with Crippen LogP contribution in [0.15, 0.2) is 18.7 Å². The molecule has 1 heterocycles. The lowest BCUT2D eigenvalue weighted by atomic mass is 9.87. The van der Waals surface area contributed by atoms with E-state index in [4.69, 9.17) is 11.1 Å². The van der Waals surface area contributed by atoms with Crippen molar-refractivity contribution in [2.75, 3.05) is 0 Å². The Labute approximate surface area is 84.7 Å². The van der Waals surface area contributed by atoms with Crippen LogP contribution in [-0.4, -0.2) is 15.4 Å². The third-order valence-corrected chi connectivity index (χ3v) is 2.51. The molecule has 0 saturated carbocycles. The molecule has 0 saturated heterocycles. The monoisotopic (exact) mass is 194 g/mol. The van der Waals surface area contributed by atoms with Gasteiger partial charge in [0.1, 0.15) is 0 Å². The van der Waals surface area contributed by atoms with Crippen LogP contribution in [0.2, 0.25) is 0 Å². The van der Waals surface area contributed by atoms with Crippen molar-refractivity contribution in [1.29, 1.82) is 5.41 Å². The molecule has 0 aliphatic heterocycles. The molecule has 0 aromatic carbocycles. The molecule has 4 nitrogen and oxygen atoms in total. The van der Waals surface area contributed by atoms with Crippen molar-refractivity contribution in [3.8, 4) is 0 Å². The van der Waals surface area contributed by atoms with E-state index in [1.54, 1.807) is 12.5 Å². The largest absolute Gasteiger partial charge is 0.387 e. The van der Waals surface area contributed by atoms with Gasteiger partial charge in [0, 0.05) is 24.4 Å². The maximum absolute atomic E-state index is 7.41. The summed E-state index contributed by atoms with van der Waals surface area (Å²) in [7, 11) is 0. The molecule has 0 amide bonds. The minimum absolute atomic E-state index is 0.180. The van der Waals surface area contributed by atoms with Crippen molar-refractivity contribution >= 4 is 5.84 Å². The molecule has 4 heteroatoms. The van der Waals surface area contributed by atoms with Gasteiger partial charge in [-0.2, -0.15) is 0 Å². The molecule has 0 radical (unpaired) electrons. The average Bonchev–Trinajstić information content (AvgIpc) is 2.56. The summed E-state index contributed by atoms with van der Waals surface area (Å²) in [5.74, 6) is 0.267. The second-order valence-electron chi connectivity index (χ2n) is 4.20.